The van der Waals surface area contributed by atoms with Gasteiger partial charge in [0.2, 0.25) is 5.91 Å². The predicted molar refractivity (Wildman–Crippen MR) is 166 cm³/mol. The lowest BCUT2D eigenvalue weighted by atomic mass is 9.70. The van der Waals surface area contributed by atoms with Gasteiger partial charge in [0, 0.05) is 47.2 Å². The maximum Gasteiger partial charge on any atom is 0.337 e. The van der Waals surface area contributed by atoms with Crippen molar-refractivity contribution in [2.45, 2.75) is 56.3 Å². The van der Waals surface area contributed by atoms with Gasteiger partial charge in [-0.3, -0.25) is 9.69 Å². The molecule has 1 amide bonds. The van der Waals surface area contributed by atoms with Gasteiger partial charge in [0.1, 0.15) is 17.2 Å². The molecule has 0 radical (unpaired) electrons. The van der Waals surface area contributed by atoms with Crippen molar-refractivity contribution in [3.63, 3.8) is 0 Å². The van der Waals surface area contributed by atoms with Gasteiger partial charge < -0.3 is 19.4 Å². The molecule has 4 heterocycles. The van der Waals surface area contributed by atoms with Crippen LogP contribution < -0.4 is 5.32 Å². The molecule has 4 atom stereocenters. The van der Waals surface area contributed by atoms with Crippen molar-refractivity contribution in [2.24, 2.45) is 0 Å². The van der Waals surface area contributed by atoms with E-state index >= 15 is 4.39 Å². The Kier molecular flexibility index (Phi) is 7.20. The van der Waals surface area contributed by atoms with Crippen LogP contribution in [0.1, 0.15) is 59.4 Å². The lowest BCUT2D eigenvalue weighted by molar-refractivity contribution is -0.128. The van der Waals surface area contributed by atoms with Crippen molar-refractivity contribution in [3.8, 4) is 0 Å². The molecule has 1 spiro atoms. The highest BCUT2D eigenvalue weighted by molar-refractivity contribution is 6.31. The number of amides is 1. The molecule has 0 unspecified atom stereocenters. The Morgan fingerprint density at radius 3 is 2.77 bits per heavy atom. The number of fused-ring (bicyclic) bond motifs is 7. The number of nitrogens with one attached hydrogen (secondary N) is 1. The lowest BCUT2D eigenvalue weighted by Gasteiger charge is -2.40. The maximum atomic E-state index is 16.3. The van der Waals surface area contributed by atoms with E-state index in [9.17, 15) is 9.59 Å². The molecule has 4 aromatic rings. The third-order valence-electron chi connectivity index (χ3n) is 9.31. The van der Waals surface area contributed by atoms with Crippen molar-refractivity contribution in [1.82, 2.24) is 14.5 Å². The molecule has 228 valence electrons. The van der Waals surface area contributed by atoms with Gasteiger partial charge in [-0.05, 0) is 62.2 Å². The number of hydrogen-bond acceptors (Lipinski definition) is 6. The highest BCUT2D eigenvalue weighted by atomic mass is 35.5. The highest BCUT2D eigenvalue weighted by Crippen LogP contribution is 2.64. The van der Waals surface area contributed by atoms with Crippen molar-refractivity contribution >= 4 is 51.8 Å². The van der Waals surface area contributed by atoms with E-state index in [2.05, 4.69) is 14.8 Å². The number of benzene rings is 3. The number of methoxy groups -OCH3 is 1. The fraction of sp³-hybridized carbons (Fsp3) is 0.364. The molecule has 0 saturated carbocycles. The minimum Gasteiger partial charge on any atom is -0.465 e. The van der Waals surface area contributed by atoms with E-state index in [1.54, 1.807) is 36.4 Å². The number of halogens is 3. The molecule has 1 aromatic heterocycles. The number of ether oxygens (including phenoxy) is 2. The molecule has 3 aliphatic heterocycles. The van der Waals surface area contributed by atoms with Crippen LogP contribution in [-0.2, 0) is 26.4 Å². The van der Waals surface area contributed by atoms with Gasteiger partial charge in [-0.1, -0.05) is 41.4 Å². The van der Waals surface area contributed by atoms with E-state index in [1.807, 2.05) is 26.0 Å². The zero-order chi connectivity index (χ0) is 30.9. The fourth-order valence-electron chi connectivity index (χ4n) is 7.71. The number of anilines is 1. The molecule has 11 heteroatoms. The quantitative estimate of drug-likeness (QED) is 0.243. The summed E-state index contributed by atoms with van der Waals surface area (Å²) in [5.74, 6) is -1.66. The number of likely N-dealkylation sites (tertiary alicyclic amines) is 1. The predicted octanol–water partition coefficient (Wildman–Crippen LogP) is 6.50. The van der Waals surface area contributed by atoms with Gasteiger partial charge >= 0.3 is 5.97 Å². The van der Waals surface area contributed by atoms with E-state index < -0.39 is 29.2 Å². The number of aromatic nitrogens is 2. The average Bonchev–Trinajstić information content (AvgIpc) is 3.61. The van der Waals surface area contributed by atoms with E-state index in [-0.39, 0.29) is 23.1 Å². The second-order valence-electron chi connectivity index (χ2n) is 11.8. The fourth-order valence-corrected chi connectivity index (χ4v) is 8.06. The third-order valence-corrected chi connectivity index (χ3v) is 9.84. The lowest BCUT2D eigenvalue weighted by Crippen LogP contribution is -2.53. The summed E-state index contributed by atoms with van der Waals surface area (Å²) in [4.78, 5) is 34.2. The van der Waals surface area contributed by atoms with E-state index in [0.29, 0.717) is 53.5 Å². The van der Waals surface area contributed by atoms with Crippen molar-refractivity contribution in [1.29, 1.82) is 0 Å². The van der Waals surface area contributed by atoms with Crippen LogP contribution in [0.5, 0.6) is 0 Å². The minimum absolute atomic E-state index is 0.00595. The Labute approximate surface area is 264 Å². The first-order valence-electron chi connectivity index (χ1n) is 14.7. The zero-order valence-electron chi connectivity index (χ0n) is 24.4. The van der Waals surface area contributed by atoms with Crippen molar-refractivity contribution < 1.29 is 23.5 Å². The van der Waals surface area contributed by atoms with Crippen molar-refractivity contribution in [3.05, 3.63) is 93.0 Å². The van der Waals surface area contributed by atoms with Gasteiger partial charge in [0.05, 0.1) is 41.4 Å². The van der Waals surface area contributed by atoms with Crippen LogP contribution in [0.15, 0.2) is 54.6 Å². The summed E-state index contributed by atoms with van der Waals surface area (Å²) in [6, 6.07) is 15.4. The van der Waals surface area contributed by atoms with Crippen LogP contribution in [0.4, 0.5) is 10.1 Å². The number of esters is 1. The second-order valence-corrected chi connectivity index (χ2v) is 12.7. The monoisotopic (exact) mass is 636 g/mol. The first kappa shape index (κ1) is 29.2. The van der Waals surface area contributed by atoms with E-state index in [0.717, 1.165) is 16.9 Å². The van der Waals surface area contributed by atoms with Crippen LogP contribution in [0, 0.1) is 5.82 Å². The minimum atomic E-state index is -1.30. The summed E-state index contributed by atoms with van der Waals surface area (Å²) < 4.78 is 29.3. The molecule has 1 fully saturated rings. The maximum absolute atomic E-state index is 16.3. The summed E-state index contributed by atoms with van der Waals surface area (Å²) in [5, 5.41) is 3.55. The number of imidazole rings is 1. The second kappa shape index (κ2) is 10.8. The molecule has 7 rings (SSSR count). The Balaban J connectivity index is 1.50. The highest BCUT2D eigenvalue weighted by Gasteiger charge is 2.68. The third kappa shape index (κ3) is 4.20. The van der Waals surface area contributed by atoms with Gasteiger partial charge in [0.25, 0.3) is 0 Å². The Bertz CT molecular complexity index is 1830. The molecular weight excluding hydrogens is 606 g/mol. The summed E-state index contributed by atoms with van der Waals surface area (Å²) in [7, 11) is 1.34. The number of hydrogen-bond donors (Lipinski definition) is 1. The largest absolute Gasteiger partial charge is 0.465 e. The van der Waals surface area contributed by atoms with Gasteiger partial charge in [-0.2, -0.15) is 0 Å². The number of carbonyl (C=O) groups is 2. The molecule has 1 N–H and O–H groups in total. The molecule has 3 aromatic carbocycles. The number of carbonyl (C=O) groups excluding carboxylic acids is 2. The molecule has 0 bridgehead atoms. The summed E-state index contributed by atoms with van der Waals surface area (Å²) in [6.45, 7) is 5.38. The molecular formula is C33H31Cl2FN4O4. The zero-order valence-corrected chi connectivity index (χ0v) is 26.0. The molecule has 1 saturated heterocycles. The Hall–Kier alpha value is -3.50. The van der Waals surface area contributed by atoms with Gasteiger partial charge in [-0.25, -0.2) is 14.2 Å². The average molecular weight is 638 g/mol. The van der Waals surface area contributed by atoms with Crippen LogP contribution >= 0.6 is 23.2 Å². The van der Waals surface area contributed by atoms with Crippen LogP contribution in [0.25, 0.3) is 11.0 Å². The smallest absolute Gasteiger partial charge is 0.337 e. The molecule has 3 aliphatic rings. The normalized spacial score (nSPS) is 24.1. The van der Waals surface area contributed by atoms with Crippen LogP contribution in [0.3, 0.4) is 0 Å². The standard InChI is InChI=1S/C33H31Cl2FN4O4/c1-17(2)44-14-13-40-26-11-12-39-25-10-7-18(31(41)43-3)15-24(25)37-30(39)27(26)28(20-5-4-6-22(35)29(20)36)33(40)21-9-8-19(34)16-23(21)38-32(33)42/h4-10,15-17,26-28H,11-14H2,1-3H3,(H,38,42)/t26-,27+,28-,33+/m0/s1. The van der Waals surface area contributed by atoms with Crippen LogP contribution in [0.2, 0.25) is 10.0 Å². The van der Waals surface area contributed by atoms with Gasteiger partial charge in [-0.15, -0.1) is 0 Å². The van der Waals surface area contributed by atoms with Crippen LogP contribution in [-0.4, -0.2) is 58.7 Å². The summed E-state index contributed by atoms with van der Waals surface area (Å²) >= 11 is 12.8. The topological polar surface area (TPSA) is 85.7 Å². The molecule has 8 nitrogen and oxygen atoms in total. The van der Waals surface area contributed by atoms with Gasteiger partial charge in [0.15, 0.2) is 0 Å². The summed E-state index contributed by atoms with van der Waals surface area (Å²) in [5.41, 5.74) is 2.24. The first-order valence-corrected chi connectivity index (χ1v) is 15.4. The number of nitrogens with zero attached hydrogens (tertiary/aromatic N) is 3. The Morgan fingerprint density at radius 1 is 1.18 bits per heavy atom. The first-order chi connectivity index (χ1) is 21.2. The van der Waals surface area contributed by atoms with Crippen molar-refractivity contribution in [2.75, 3.05) is 25.6 Å². The number of rotatable bonds is 6. The summed E-state index contributed by atoms with van der Waals surface area (Å²) in [6.07, 6.45) is 0.675. The number of aryl methyl sites for hydroxylation is 1. The van der Waals surface area contributed by atoms with E-state index in [4.69, 9.17) is 37.7 Å². The SMILES string of the molecule is COC(=O)c1ccc2c(c1)nc1n2CC[C@H]2[C@@H]1[C@H](c1cccc(Cl)c1F)[C@]1(C(=O)Nc3cc(Cl)ccc31)N2CCOC(C)C. The Morgan fingerprint density at radius 2 is 2.00 bits per heavy atom. The molecule has 44 heavy (non-hydrogen) atoms. The molecule has 0 aliphatic carbocycles. The van der Waals surface area contributed by atoms with E-state index in [1.165, 1.54) is 13.2 Å².